The van der Waals surface area contributed by atoms with Crippen LogP contribution in [0.3, 0.4) is 0 Å². The van der Waals surface area contributed by atoms with E-state index < -0.39 is 32.5 Å². The van der Waals surface area contributed by atoms with Gasteiger partial charge in [-0.25, -0.2) is 8.42 Å². The van der Waals surface area contributed by atoms with E-state index in [0.717, 1.165) is 63.4 Å². The predicted molar refractivity (Wildman–Crippen MR) is 300 cm³/mol. The van der Waals surface area contributed by atoms with Gasteiger partial charge < -0.3 is 26.0 Å². The van der Waals surface area contributed by atoms with E-state index in [1.165, 1.54) is 27.6 Å². The summed E-state index contributed by atoms with van der Waals surface area (Å²) < 4.78 is 45.7. The zero-order chi connectivity index (χ0) is 58.4. The van der Waals surface area contributed by atoms with E-state index in [1.54, 1.807) is 29.1 Å². The molecule has 14 rings (SSSR count). The Kier molecular flexibility index (Phi) is 15.0. The first kappa shape index (κ1) is 55.3. The van der Waals surface area contributed by atoms with Gasteiger partial charge in [-0.2, -0.15) is 58.7 Å². The number of hydrogen-bond donors (Lipinski definition) is 7. The van der Waals surface area contributed by atoms with E-state index in [2.05, 4.69) is 89.5 Å². The molecule has 7 aliphatic rings. The molecule has 3 saturated carbocycles. The molecule has 1 aromatic carbocycles. The van der Waals surface area contributed by atoms with Gasteiger partial charge in [-0.1, -0.05) is 30.3 Å². The van der Waals surface area contributed by atoms with Crippen molar-refractivity contribution in [3.63, 3.8) is 0 Å². The van der Waals surface area contributed by atoms with Crippen molar-refractivity contribution < 1.29 is 46.1 Å². The minimum Gasteiger partial charge on any atom is -0.379 e. The molecule has 2 atom stereocenters. The van der Waals surface area contributed by atoms with Gasteiger partial charge in [0, 0.05) is 77.1 Å². The summed E-state index contributed by atoms with van der Waals surface area (Å²) in [6.45, 7) is 2.91. The van der Waals surface area contributed by atoms with Crippen molar-refractivity contribution in [2.24, 2.45) is 0 Å². The lowest BCUT2D eigenvalue weighted by Crippen LogP contribution is -2.42. The van der Waals surface area contributed by atoms with Crippen molar-refractivity contribution in [1.29, 1.82) is 0 Å². The van der Waals surface area contributed by atoms with Crippen molar-refractivity contribution in [3.8, 4) is 0 Å². The Bertz CT molecular complexity index is 4100. The molecule has 7 aromatic rings. The van der Waals surface area contributed by atoms with Gasteiger partial charge in [0.05, 0.1) is 61.9 Å². The van der Waals surface area contributed by atoms with Gasteiger partial charge in [0.15, 0.2) is 16.9 Å². The van der Waals surface area contributed by atoms with Crippen molar-refractivity contribution in [1.82, 2.24) is 79.6 Å². The van der Waals surface area contributed by atoms with Crippen LogP contribution in [-0.2, 0) is 54.1 Å². The lowest BCUT2D eigenvalue weighted by atomic mass is 10.1. The van der Waals surface area contributed by atoms with Crippen LogP contribution >= 0.6 is 0 Å². The number of aromatic nitrogens is 12. The maximum absolute atomic E-state index is 12.1. The van der Waals surface area contributed by atoms with E-state index in [-0.39, 0.29) is 82.6 Å². The molecule has 4 saturated heterocycles. The minimum atomic E-state index is -3.63. The van der Waals surface area contributed by atoms with Gasteiger partial charge in [0.2, 0.25) is 56.5 Å². The van der Waals surface area contributed by atoms with E-state index in [9.17, 15) is 41.4 Å². The van der Waals surface area contributed by atoms with Crippen LogP contribution in [-0.4, -0.2) is 169 Å². The molecule has 6 aromatic heterocycles. The fourth-order valence-corrected chi connectivity index (χ4v) is 10.2. The number of carbonyl (C=O) groups is 6. The number of ether oxygens (including phenoxy) is 1. The largest absolute Gasteiger partial charge is 0.379 e. The number of hydrogen-bond acceptors (Lipinski definition) is 24. The first-order valence-corrected chi connectivity index (χ1v) is 30.3. The highest BCUT2D eigenvalue weighted by atomic mass is 32.2. The average Bonchev–Trinajstić information content (AvgIpc) is 4.63. The molecule has 4 aliphatic heterocycles. The fraction of sp³-hybridized carbons (Fsp3) is 0.365. The van der Waals surface area contributed by atoms with Gasteiger partial charge in [0.25, 0.3) is 22.9 Å². The number of carbonyl (C=O) groups excluding carboxylic acids is 6. The molecular weight excluding hydrogens is 1130 g/mol. The van der Waals surface area contributed by atoms with Crippen molar-refractivity contribution in [2.75, 3.05) is 60.1 Å². The summed E-state index contributed by atoms with van der Waals surface area (Å²) in [5.41, 5.74) is 5.03. The summed E-state index contributed by atoms with van der Waals surface area (Å²) in [6, 6.07) is 11.1. The summed E-state index contributed by atoms with van der Waals surface area (Å²) in [6.07, 6.45) is 18.0. The van der Waals surface area contributed by atoms with Crippen LogP contribution in [0.2, 0.25) is 0 Å². The monoisotopic (exact) mass is 1180 g/mol. The van der Waals surface area contributed by atoms with Crippen molar-refractivity contribution in [3.05, 3.63) is 87.9 Å². The molecule has 0 radical (unpaired) electrons. The van der Waals surface area contributed by atoms with Crippen LogP contribution in [0.4, 0.5) is 23.8 Å². The highest BCUT2D eigenvalue weighted by molar-refractivity contribution is 7.90. The number of sulfone groups is 1. The van der Waals surface area contributed by atoms with Crippen LogP contribution in [0.15, 0.2) is 76.0 Å². The highest BCUT2D eigenvalue weighted by Gasteiger charge is 2.32. The Labute approximate surface area is 479 Å². The topological polar surface area (TPSA) is 380 Å². The molecule has 3 aliphatic carbocycles. The quantitative estimate of drug-likeness (QED) is 0.0555. The van der Waals surface area contributed by atoms with Gasteiger partial charge in [0.1, 0.15) is 6.17 Å². The van der Waals surface area contributed by atoms with E-state index in [4.69, 9.17) is 14.7 Å². The zero-order valence-corrected chi connectivity index (χ0v) is 46.7. The van der Waals surface area contributed by atoms with E-state index in [0.29, 0.717) is 82.3 Å². The number of amides is 6. The first-order chi connectivity index (χ1) is 40.5. The molecule has 32 heteroatoms. The third kappa shape index (κ3) is 12.5. The summed E-state index contributed by atoms with van der Waals surface area (Å²) in [4.78, 5) is 98.4. The van der Waals surface area contributed by atoms with Crippen LogP contribution < -0.4 is 37.2 Å². The number of benzene rings is 1. The maximum atomic E-state index is 12.1. The Hall–Kier alpha value is -9.27. The molecule has 7 N–H and O–H groups in total. The maximum Gasteiger partial charge on any atom is 0.254 e. The number of rotatable bonds is 15. The number of anilines is 4. The standard InChI is InChI=1S/C24H26N8O3.C14H14N6O4S.C14H14N6O3S/c33-19-13-16(22(34)27-19)12-17-14-25-32-21(17)29-23(30-24(32)26-18-6-7-18)28-20(15-4-2-1-3-5-15)31-8-10-35-11-9-31;1-25(23,24)14-18-11-8(4-7-5-10(21)17-12(7)22)6-15-20(11)13(19-14)16-9-2-3-9;1-24(23)14-18-11-8(4-7-5-10(21)17-12(7)22)6-15-20(11)13(19-14)16-9-2-3-9/h1-5,12,14,18,20H,6-11,13H2,(H,27,33,34)(H2,26,28,29,30);4,6,9H,2-3,5H2,1H3,(H,16,18,19)(H,17,21,22);4,6,9H,2-3,5H2,1H3,(H,16,18,19)(H,17,21,22)/b16-12+;2*7-4+. The third-order valence-electron chi connectivity index (χ3n) is 13.9. The SMILES string of the molecule is CS(=O)(=O)c1nc(NC2CC2)n2ncc(/C=C3\CC(=O)NC3=O)c2n1.CS(=O)c1nc(NC2CC2)n2ncc(/C=C3\CC(=O)NC3=O)c2n1.O=C1C/C(=C\c2cnn3c(NC4CC4)nc(NC(c4ccccc4)N4CCOCC4)nc23)C(=O)N1. The number of nitrogens with one attached hydrogen (secondary N) is 7. The lowest BCUT2D eigenvalue weighted by molar-refractivity contribution is -0.125. The van der Waals surface area contributed by atoms with Crippen molar-refractivity contribution in [2.45, 2.75) is 92.4 Å². The van der Waals surface area contributed by atoms with Gasteiger partial charge in [-0.3, -0.25) is 53.8 Å². The first-order valence-electron chi connectivity index (χ1n) is 26.8. The molecule has 10 heterocycles. The van der Waals surface area contributed by atoms with Gasteiger partial charge in [-0.15, -0.1) is 0 Å². The summed E-state index contributed by atoms with van der Waals surface area (Å²) in [5.74, 6) is -0.481. The highest BCUT2D eigenvalue weighted by Crippen LogP contribution is 2.31. The molecule has 2 unspecified atom stereocenters. The Morgan fingerprint density at radius 1 is 0.595 bits per heavy atom. The van der Waals surface area contributed by atoms with Crippen molar-refractivity contribution >= 4 is 115 Å². The molecule has 6 amide bonds. The van der Waals surface area contributed by atoms with Crippen LogP contribution in [0.25, 0.3) is 35.2 Å². The lowest BCUT2D eigenvalue weighted by Gasteiger charge is -2.35. The number of nitrogens with zero attached hydrogens (tertiary/aromatic N) is 13. The second-order valence-electron chi connectivity index (χ2n) is 20.8. The van der Waals surface area contributed by atoms with Gasteiger partial charge >= 0.3 is 0 Å². The summed E-state index contributed by atoms with van der Waals surface area (Å²) in [7, 11) is -4.99. The third-order valence-corrected chi connectivity index (χ3v) is 15.5. The number of fused-ring (bicyclic) bond motifs is 3. The minimum absolute atomic E-state index is 0.0288. The molecule has 84 heavy (non-hydrogen) atoms. The Morgan fingerprint density at radius 2 is 1.02 bits per heavy atom. The Balaban J connectivity index is 0.000000127. The second-order valence-corrected chi connectivity index (χ2v) is 24.0. The zero-order valence-electron chi connectivity index (χ0n) is 45.1. The molecule has 434 valence electrons. The molecular formula is C52H54N20O10S2. The number of imide groups is 3. The summed E-state index contributed by atoms with van der Waals surface area (Å²) >= 11 is 0. The fourth-order valence-electron chi connectivity index (χ4n) is 9.22. The van der Waals surface area contributed by atoms with Gasteiger partial charge in [-0.05, 0) is 62.3 Å². The molecule has 0 bridgehead atoms. The number of morpholine rings is 1. The Morgan fingerprint density at radius 3 is 1.44 bits per heavy atom. The van der Waals surface area contributed by atoms with Crippen LogP contribution in [0, 0.1) is 0 Å². The summed E-state index contributed by atoms with van der Waals surface area (Å²) in [5, 5.41) is 32.9. The predicted octanol–water partition coefficient (Wildman–Crippen LogP) is 0.969. The van der Waals surface area contributed by atoms with Crippen LogP contribution in [0.5, 0.6) is 0 Å². The second kappa shape index (κ2) is 22.8. The smallest absolute Gasteiger partial charge is 0.254 e. The van der Waals surface area contributed by atoms with Crippen LogP contribution in [0.1, 0.15) is 86.2 Å². The van der Waals surface area contributed by atoms with E-state index in [1.807, 2.05) is 18.2 Å². The molecule has 0 spiro atoms. The molecule has 30 nitrogen and oxygen atoms in total. The van der Waals surface area contributed by atoms with E-state index >= 15 is 0 Å². The normalized spacial score (nSPS) is 20.4. The molecule has 7 fully saturated rings. The average molecular weight is 1180 g/mol.